The van der Waals surface area contributed by atoms with Gasteiger partial charge in [0.15, 0.2) is 0 Å². The van der Waals surface area contributed by atoms with Crippen molar-refractivity contribution in [1.82, 2.24) is 9.55 Å². The Kier molecular flexibility index (Phi) is 4.13. The lowest BCUT2D eigenvalue weighted by Crippen LogP contribution is -2.29. The number of rotatable bonds is 4. The summed E-state index contributed by atoms with van der Waals surface area (Å²) in [7, 11) is 0. The molecule has 5 heteroatoms. The van der Waals surface area contributed by atoms with Crippen LogP contribution in [0.4, 0.5) is 0 Å². The Morgan fingerprint density at radius 1 is 1.43 bits per heavy atom. The minimum atomic E-state index is -0.373. The molecule has 0 aliphatic carbocycles. The number of nitrogens with zero attached hydrogens (tertiary/aromatic N) is 1. The van der Waals surface area contributed by atoms with Gasteiger partial charge in [0.1, 0.15) is 0 Å². The summed E-state index contributed by atoms with van der Waals surface area (Å²) in [4.78, 5) is 24.5. The molecule has 0 radical (unpaired) electrons. The predicted molar refractivity (Wildman–Crippen MR) is 58.5 cm³/mol. The minimum Gasteiger partial charge on any atom is -0.299 e. The zero-order valence-corrected chi connectivity index (χ0v) is 9.63. The van der Waals surface area contributed by atoms with Crippen molar-refractivity contribution >= 4 is 15.9 Å². The van der Waals surface area contributed by atoms with Gasteiger partial charge in [-0.05, 0) is 22.4 Å². The molecule has 0 aliphatic rings. The van der Waals surface area contributed by atoms with E-state index in [9.17, 15) is 9.59 Å². The smallest absolute Gasteiger partial charge is 0.299 e. The maximum absolute atomic E-state index is 11.3. The molecule has 1 N–H and O–H groups in total. The Hall–Kier alpha value is -0.840. The summed E-state index contributed by atoms with van der Waals surface area (Å²) in [5.74, 6) is 0. The first-order chi connectivity index (χ1) is 6.65. The lowest BCUT2D eigenvalue weighted by Gasteiger charge is -2.03. The van der Waals surface area contributed by atoms with Gasteiger partial charge in [0.25, 0.3) is 5.56 Å². The highest BCUT2D eigenvalue weighted by atomic mass is 79.9. The fourth-order valence-electron chi connectivity index (χ4n) is 1.18. The first kappa shape index (κ1) is 11.2. The van der Waals surface area contributed by atoms with Crippen molar-refractivity contribution in [1.29, 1.82) is 0 Å². The van der Waals surface area contributed by atoms with Gasteiger partial charge >= 0.3 is 5.69 Å². The van der Waals surface area contributed by atoms with Crippen molar-refractivity contribution in [3.63, 3.8) is 0 Å². The Morgan fingerprint density at radius 3 is 2.79 bits per heavy atom. The van der Waals surface area contributed by atoms with E-state index in [2.05, 4.69) is 27.8 Å². The second kappa shape index (κ2) is 5.14. The average Bonchev–Trinajstić information content (AvgIpc) is 2.14. The molecule has 0 amide bonds. The van der Waals surface area contributed by atoms with Gasteiger partial charge in [0.05, 0.1) is 4.47 Å². The van der Waals surface area contributed by atoms with Crippen LogP contribution in [0, 0.1) is 0 Å². The summed E-state index contributed by atoms with van der Waals surface area (Å²) in [6.07, 6.45) is 4.69. The van der Waals surface area contributed by atoms with E-state index in [1.807, 2.05) is 0 Å². The molecule has 0 fully saturated rings. The summed E-state index contributed by atoms with van der Waals surface area (Å²) in [6, 6.07) is 0. The van der Waals surface area contributed by atoms with Crippen molar-refractivity contribution in [3.05, 3.63) is 31.5 Å². The number of aromatic amines is 1. The van der Waals surface area contributed by atoms with Crippen LogP contribution in [0.5, 0.6) is 0 Å². The third kappa shape index (κ3) is 2.83. The second-order valence-corrected chi connectivity index (χ2v) is 3.99. The van der Waals surface area contributed by atoms with Crippen molar-refractivity contribution in [3.8, 4) is 0 Å². The third-order valence-corrected chi connectivity index (χ3v) is 2.53. The van der Waals surface area contributed by atoms with Crippen LogP contribution in [0.25, 0.3) is 0 Å². The number of unbranched alkanes of at least 4 members (excludes halogenated alkanes) is 2. The van der Waals surface area contributed by atoms with Crippen LogP contribution in [0.2, 0.25) is 0 Å². The highest BCUT2D eigenvalue weighted by Gasteiger charge is 2.00. The summed E-state index contributed by atoms with van der Waals surface area (Å²) in [5.41, 5.74) is -0.712. The van der Waals surface area contributed by atoms with E-state index in [1.54, 1.807) is 0 Å². The molecule has 0 atom stereocenters. The number of hydrogen-bond acceptors (Lipinski definition) is 2. The molecule has 0 spiro atoms. The van der Waals surface area contributed by atoms with Gasteiger partial charge in [-0.2, -0.15) is 0 Å². The molecule has 1 heterocycles. The van der Waals surface area contributed by atoms with Crippen LogP contribution in [-0.4, -0.2) is 9.55 Å². The Labute approximate surface area is 90.1 Å². The van der Waals surface area contributed by atoms with Gasteiger partial charge in [-0.15, -0.1) is 0 Å². The molecular weight excluding hydrogens is 248 g/mol. The number of halogens is 1. The van der Waals surface area contributed by atoms with E-state index in [4.69, 9.17) is 0 Å². The SMILES string of the molecule is CCCCCn1cc(Br)c(=O)[nH]c1=O. The largest absolute Gasteiger partial charge is 0.328 e. The number of H-pyrrole nitrogens is 1. The van der Waals surface area contributed by atoms with Crippen LogP contribution >= 0.6 is 15.9 Å². The molecule has 4 nitrogen and oxygen atoms in total. The van der Waals surface area contributed by atoms with Crippen molar-refractivity contribution < 1.29 is 0 Å². The zero-order chi connectivity index (χ0) is 10.6. The average molecular weight is 261 g/mol. The molecule has 78 valence electrons. The summed E-state index contributed by atoms with van der Waals surface area (Å²) < 4.78 is 1.91. The Morgan fingerprint density at radius 2 is 2.14 bits per heavy atom. The Bertz CT molecular complexity index is 408. The van der Waals surface area contributed by atoms with Crippen molar-refractivity contribution in [2.45, 2.75) is 32.7 Å². The molecular formula is C9H13BrN2O2. The molecule has 1 rings (SSSR count). The van der Waals surface area contributed by atoms with Crippen molar-refractivity contribution in [2.75, 3.05) is 0 Å². The van der Waals surface area contributed by atoms with Gasteiger partial charge in [0.2, 0.25) is 0 Å². The van der Waals surface area contributed by atoms with E-state index in [0.717, 1.165) is 19.3 Å². The number of aromatic nitrogens is 2. The Balaban J connectivity index is 2.82. The van der Waals surface area contributed by atoms with Crippen molar-refractivity contribution in [2.24, 2.45) is 0 Å². The van der Waals surface area contributed by atoms with Gasteiger partial charge in [-0.1, -0.05) is 19.8 Å². The maximum atomic E-state index is 11.3. The molecule has 1 aromatic heterocycles. The molecule has 0 saturated carbocycles. The van der Waals surface area contributed by atoms with E-state index >= 15 is 0 Å². The normalized spacial score (nSPS) is 10.4. The summed E-state index contributed by atoms with van der Waals surface area (Å²) >= 11 is 3.09. The first-order valence-corrected chi connectivity index (χ1v) is 5.43. The topological polar surface area (TPSA) is 54.9 Å². The fourth-order valence-corrected chi connectivity index (χ4v) is 1.53. The van der Waals surface area contributed by atoms with Crippen LogP contribution in [0.1, 0.15) is 26.2 Å². The van der Waals surface area contributed by atoms with Gasteiger partial charge in [-0.25, -0.2) is 4.79 Å². The van der Waals surface area contributed by atoms with Gasteiger partial charge in [0, 0.05) is 12.7 Å². The lowest BCUT2D eigenvalue weighted by molar-refractivity contribution is 0.573. The maximum Gasteiger partial charge on any atom is 0.328 e. The van der Waals surface area contributed by atoms with Crippen LogP contribution in [0.3, 0.4) is 0 Å². The third-order valence-electron chi connectivity index (χ3n) is 1.97. The van der Waals surface area contributed by atoms with Crippen LogP contribution in [-0.2, 0) is 6.54 Å². The molecule has 0 unspecified atom stereocenters. The van der Waals surface area contributed by atoms with Crippen LogP contribution in [0.15, 0.2) is 20.3 Å². The lowest BCUT2D eigenvalue weighted by atomic mass is 10.2. The minimum absolute atomic E-state index is 0.339. The van der Waals surface area contributed by atoms with Crippen LogP contribution < -0.4 is 11.2 Å². The van der Waals surface area contributed by atoms with Gasteiger partial charge in [-0.3, -0.25) is 14.3 Å². The standard InChI is InChI=1S/C9H13BrN2O2/c1-2-3-4-5-12-6-7(10)8(13)11-9(12)14/h6H,2-5H2,1H3,(H,11,13,14). The number of nitrogens with one attached hydrogen (secondary N) is 1. The first-order valence-electron chi connectivity index (χ1n) is 4.64. The van der Waals surface area contributed by atoms with E-state index < -0.39 is 0 Å². The fraction of sp³-hybridized carbons (Fsp3) is 0.556. The molecule has 14 heavy (non-hydrogen) atoms. The predicted octanol–water partition coefficient (Wildman–Crippen LogP) is 1.49. The van der Waals surface area contributed by atoms with Gasteiger partial charge < -0.3 is 0 Å². The number of aryl methyl sites for hydroxylation is 1. The van der Waals surface area contributed by atoms with E-state index in [0.29, 0.717) is 11.0 Å². The highest BCUT2D eigenvalue weighted by Crippen LogP contribution is 2.00. The molecule has 0 bridgehead atoms. The summed E-state index contributed by atoms with van der Waals surface area (Å²) in [6.45, 7) is 2.76. The number of hydrogen-bond donors (Lipinski definition) is 1. The zero-order valence-electron chi connectivity index (χ0n) is 8.05. The second-order valence-electron chi connectivity index (χ2n) is 3.14. The molecule has 0 saturated heterocycles. The molecule has 0 aromatic carbocycles. The quantitative estimate of drug-likeness (QED) is 0.835. The molecule has 1 aromatic rings. The van der Waals surface area contributed by atoms with E-state index in [1.165, 1.54) is 10.8 Å². The highest BCUT2D eigenvalue weighted by molar-refractivity contribution is 9.10. The molecule has 0 aliphatic heterocycles. The van der Waals surface area contributed by atoms with E-state index in [-0.39, 0.29) is 11.2 Å². The monoisotopic (exact) mass is 260 g/mol. The summed E-state index contributed by atoms with van der Waals surface area (Å²) in [5, 5.41) is 0.